The van der Waals surface area contributed by atoms with Crippen LogP contribution in [0.1, 0.15) is 5.56 Å². The Bertz CT molecular complexity index is 650. The van der Waals surface area contributed by atoms with Gasteiger partial charge in [-0.1, -0.05) is 18.2 Å². The molecule has 0 spiro atoms. The second kappa shape index (κ2) is 6.10. The van der Waals surface area contributed by atoms with Crippen LogP contribution in [0.15, 0.2) is 36.7 Å². The number of hydrogen-bond acceptors (Lipinski definition) is 4. The van der Waals surface area contributed by atoms with Crippen LogP contribution in [-0.2, 0) is 16.6 Å². The molecule has 1 heterocycles. The maximum atomic E-state index is 11.3. The van der Waals surface area contributed by atoms with Crippen LogP contribution in [0, 0.1) is 0 Å². The lowest BCUT2D eigenvalue weighted by Crippen LogP contribution is -2.29. The van der Waals surface area contributed by atoms with E-state index in [1.807, 2.05) is 30.5 Å². The van der Waals surface area contributed by atoms with Gasteiger partial charge in [0.05, 0.1) is 5.75 Å². The van der Waals surface area contributed by atoms with E-state index in [0.717, 1.165) is 16.3 Å². The van der Waals surface area contributed by atoms with Gasteiger partial charge in [-0.2, -0.15) is 0 Å². The molecular formula is C13H17N3O2S. The van der Waals surface area contributed by atoms with E-state index < -0.39 is 10.0 Å². The summed E-state index contributed by atoms with van der Waals surface area (Å²) >= 11 is 0. The highest BCUT2D eigenvalue weighted by molar-refractivity contribution is 7.89. The molecule has 102 valence electrons. The fourth-order valence-electron chi connectivity index (χ4n) is 1.88. The third-order valence-corrected chi connectivity index (χ3v) is 4.31. The Kier molecular flexibility index (Phi) is 4.47. The zero-order valence-electron chi connectivity index (χ0n) is 10.8. The Morgan fingerprint density at radius 1 is 1.26 bits per heavy atom. The first kappa shape index (κ1) is 13.9. The minimum absolute atomic E-state index is 0.0792. The van der Waals surface area contributed by atoms with Crippen LogP contribution >= 0.6 is 0 Å². The smallest absolute Gasteiger partial charge is 0.212 e. The summed E-state index contributed by atoms with van der Waals surface area (Å²) in [5.74, 6) is 0.0792. The molecule has 5 nitrogen and oxygen atoms in total. The predicted octanol–water partition coefficient (Wildman–Crippen LogP) is 0.874. The average Bonchev–Trinajstić information content (AvgIpc) is 2.44. The molecule has 0 radical (unpaired) electrons. The van der Waals surface area contributed by atoms with Crippen LogP contribution in [0.2, 0.25) is 0 Å². The molecule has 0 unspecified atom stereocenters. The number of hydrogen-bond donors (Lipinski definition) is 2. The summed E-state index contributed by atoms with van der Waals surface area (Å²) in [7, 11) is -1.72. The Morgan fingerprint density at radius 3 is 2.89 bits per heavy atom. The summed E-state index contributed by atoms with van der Waals surface area (Å²) in [6.07, 6.45) is 3.58. The molecule has 0 bridgehead atoms. The topological polar surface area (TPSA) is 71.1 Å². The van der Waals surface area contributed by atoms with E-state index in [4.69, 9.17) is 0 Å². The Balaban J connectivity index is 1.99. The molecule has 0 fully saturated rings. The van der Waals surface area contributed by atoms with Crippen LogP contribution in [0.3, 0.4) is 0 Å². The summed E-state index contributed by atoms with van der Waals surface area (Å²) in [5.41, 5.74) is 1.14. The number of sulfonamides is 1. The van der Waals surface area contributed by atoms with E-state index >= 15 is 0 Å². The number of rotatable bonds is 6. The molecule has 0 saturated heterocycles. The van der Waals surface area contributed by atoms with Crippen molar-refractivity contribution in [2.75, 3.05) is 19.3 Å². The Labute approximate surface area is 113 Å². The molecule has 19 heavy (non-hydrogen) atoms. The molecule has 0 aliphatic rings. The first-order chi connectivity index (χ1) is 9.12. The number of aromatic nitrogens is 1. The highest BCUT2D eigenvalue weighted by Crippen LogP contribution is 2.16. The Morgan fingerprint density at radius 2 is 2.11 bits per heavy atom. The molecule has 6 heteroatoms. The van der Waals surface area contributed by atoms with E-state index in [9.17, 15) is 8.42 Å². The lowest BCUT2D eigenvalue weighted by Gasteiger charge is -2.08. The number of nitrogens with one attached hydrogen (secondary N) is 2. The van der Waals surface area contributed by atoms with Crippen molar-refractivity contribution in [3.63, 3.8) is 0 Å². The van der Waals surface area contributed by atoms with Crippen LogP contribution in [-0.4, -0.2) is 32.7 Å². The highest BCUT2D eigenvalue weighted by Gasteiger charge is 2.06. The second-order valence-corrected chi connectivity index (χ2v) is 6.26. The van der Waals surface area contributed by atoms with Gasteiger partial charge in [0.1, 0.15) is 0 Å². The van der Waals surface area contributed by atoms with Gasteiger partial charge in [0.2, 0.25) is 10.0 Å². The van der Waals surface area contributed by atoms with Gasteiger partial charge in [-0.15, -0.1) is 0 Å². The van der Waals surface area contributed by atoms with Crippen LogP contribution in [0.4, 0.5) is 0 Å². The van der Waals surface area contributed by atoms with Crippen molar-refractivity contribution in [2.24, 2.45) is 0 Å². The molecular weight excluding hydrogens is 262 g/mol. The van der Waals surface area contributed by atoms with Crippen LogP contribution < -0.4 is 10.0 Å². The predicted molar refractivity (Wildman–Crippen MR) is 76.3 cm³/mol. The third-order valence-electron chi connectivity index (χ3n) is 2.95. The van der Waals surface area contributed by atoms with Crippen molar-refractivity contribution in [3.05, 3.63) is 42.2 Å². The van der Waals surface area contributed by atoms with Crippen molar-refractivity contribution in [2.45, 2.75) is 6.54 Å². The van der Waals surface area contributed by atoms with Gasteiger partial charge >= 0.3 is 0 Å². The molecule has 2 N–H and O–H groups in total. The van der Waals surface area contributed by atoms with E-state index in [-0.39, 0.29) is 5.75 Å². The van der Waals surface area contributed by atoms with Crippen molar-refractivity contribution in [3.8, 4) is 0 Å². The van der Waals surface area contributed by atoms with Gasteiger partial charge in [0.15, 0.2) is 0 Å². The largest absolute Gasteiger partial charge is 0.312 e. The van der Waals surface area contributed by atoms with Gasteiger partial charge in [0.25, 0.3) is 0 Å². The average molecular weight is 279 g/mol. The normalized spacial score (nSPS) is 11.8. The fourth-order valence-corrected chi connectivity index (χ4v) is 2.49. The first-order valence-electron chi connectivity index (χ1n) is 6.06. The lowest BCUT2D eigenvalue weighted by atomic mass is 10.1. The molecule has 0 aliphatic carbocycles. The molecule has 2 rings (SSSR count). The molecule has 0 amide bonds. The summed E-state index contributed by atoms with van der Waals surface area (Å²) in [5, 5.41) is 5.37. The van der Waals surface area contributed by atoms with Crippen molar-refractivity contribution < 1.29 is 8.42 Å². The van der Waals surface area contributed by atoms with Gasteiger partial charge in [-0.05, 0) is 24.1 Å². The van der Waals surface area contributed by atoms with E-state index in [1.54, 1.807) is 6.20 Å². The molecule has 0 atom stereocenters. The van der Waals surface area contributed by atoms with E-state index in [1.165, 1.54) is 7.05 Å². The van der Waals surface area contributed by atoms with Crippen molar-refractivity contribution in [1.29, 1.82) is 0 Å². The quantitative estimate of drug-likeness (QED) is 0.770. The minimum Gasteiger partial charge on any atom is -0.312 e. The summed E-state index contributed by atoms with van der Waals surface area (Å²) in [6, 6.07) is 7.99. The fraction of sp³-hybridized carbons (Fsp3) is 0.308. The van der Waals surface area contributed by atoms with Crippen molar-refractivity contribution in [1.82, 2.24) is 15.0 Å². The maximum Gasteiger partial charge on any atom is 0.212 e. The minimum atomic E-state index is -3.14. The number of fused-ring (bicyclic) bond motifs is 1. The maximum absolute atomic E-state index is 11.3. The number of benzene rings is 1. The van der Waals surface area contributed by atoms with Gasteiger partial charge in [-0.3, -0.25) is 4.98 Å². The van der Waals surface area contributed by atoms with Crippen LogP contribution in [0.5, 0.6) is 0 Å². The standard InChI is InChI=1S/C13H17N3O2S/c1-14-19(17,18)8-7-16-10-12-4-2-3-11-9-15-6-5-13(11)12/h2-6,9,14,16H,7-8,10H2,1H3. The molecule has 2 aromatic rings. The monoisotopic (exact) mass is 279 g/mol. The SMILES string of the molecule is CNS(=O)(=O)CCNCc1cccc2cnccc12. The lowest BCUT2D eigenvalue weighted by molar-refractivity contribution is 0.583. The molecule has 1 aromatic heterocycles. The third kappa shape index (κ3) is 3.73. The van der Waals surface area contributed by atoms with Crippen molar-refractivity contribution >= 4 is 20.8 Å². The van der Waals surface area contributed by atoms with Crippen LogP contribution in [0.25, 0.3) is 10.8 Å². The molecule has 0 saturated carbocycles. The van der Waals surface area contributed by atoms with Gasteiger partial charge in [-0.25, -0.2) is 13.1 Å². The van der Waals surface area contributed by atoms with E-state index in [0.29, 0.717) is 13.1 Å². The summed E-state index contributed by atoms with van der Waals surface area (Å²) < 4.78 is 24.8. The highest BCUT2D eigenvalue weighted by atomic mass is 32.2. The van der Waals surface area contributed by atoms with Gasteiger partial charge < -0.3 is 5.32 Å². The number of pyridine rings is 1. The molecule has 1 aromatic carbocycles. The zero-order valence-corrected chi connectivity index (χ0v) is 11.6. The summed E-state index contributed by atoms with van der Waals surface area (Å²) in [4.78, 5) is 4.09. The first-order valence-corrected chi connectivity index (χ1v) is 7.71. The van der Waals surface area contributed by atoms with Gasteiger partial charge in [0, 0.05) is 30.9 Å². The zero-order chi connectivity index (χ0) is 13.7. The van der Waals surface area contributed by atoms with E-state index in [2.05, 4.69) is 15.0 Å². The summed E-state index contributed by atoms with van der Waals surface area (Å²) in [6.45, 7) is 1.06. The molecule has 0 aliphatic heterocycles. The second-order valence-electron chi connectivity index (χ2n) is 4.21. The number of nitrogens with zero attached hydrogens (tertiary/aromatic N) is 1. The Hall–Kier alpha value is -1.50.